The molecule has 3 rings (SSSR count). The van der Waals surface area contributed by atoms with Crippen LogP contribution < -0.4 is 10.6 Å². The molecule has 5 heteroatoms. The normalized spacial score (nSPS) is 14.0. The highest BCUT2D eigenvalue weighted by Crippen LogP contribution is 2.22. The van der Waals surface area contributed by atoms with Crippen LogP contribution in [0.25, 0.3) is 10.9 Å². The van der Waals surface area contributed by atoms with Crippen molar-refractivity contribution in [2.45, 2.75) is 39.0 Å². The fourth-order valence-corrected chi connectivity index (χ4v) is 3.07. The number of carbonyl (C=O) groups excluding carboxylic acids is 2. The van der Waals surface area contributed by atoms with E-state index in [1.807, 2.05) is 31.2 Å². The second-order valence-corrected chi connectivity index (χ2v) is 6.40. The molecule has 0 unspecified atom stereocenters. The van der Waals surface area contributed by atoms with Gasteiger partial charge >= 0.3 is 11.8 Å². The zero-order chi connectivity index (χ0) is 17.6. The van der Waals surface area contributed by atoms with E-state index in [1.165, 1.54) is 18.4 Å². The highest BCUT2D eigenvalue weighted by molar-refractivity contribution is 6.40. The Hall–Kier alpha value is -2.69. The van der Waals surface area contributed by atoms with E-state index in [9.17, 15) is 9.59 Å². The van der Waals surface area contributed by atoms with Gasteiger partial charge in [0.2, 0.25) is 0 Å². The van der Waals surface area contributed by atoms with Crippen LogP contribution in [0.5, 0.6) is 0 Å². The van der Waals surface area contributed by atoms with Crippen molar-refractivity contribution < 1.29 is 9.59 Å². The van der Waals surface area contributed by atoms with Crippen molar-refractivity contribution in [2.24, 2.45) is 0 Å². The lowest BCUT2D eigenvalue weighted by Gasteiger charge is -2.13. The average molecular weight is 337 g/mol. The summed E-state index contributed by atoms with van der Waals surface area (Å²) >= 11 is 0. The number of amides is 2. The van der Waals surface area contributed by atoms with Gasteiger partial charge in [-0.3, -0.25) is 14.6 Å². The van der Waals surface area contributed by atoms with Crippen LogP contribution in [0, 0.1) is 6.92 Å². The molecule has 2 N–H and O–H groups in total. The van der Waals surface area contributed by atoms with E-state index >= 15 is 0 Å². The summed E-state index contributed by atoms with van der Waals surface area (Å²) in [7, 11) is 0. The largest absolute Gasteiger partial charge is 0.348 e. The zero-order valence-electron chi connectivity index (χ0n) is 14.5. The molecule has 1 aliphatic carbocycles. The summed E-state index contributed by atoms with van der Waals surface area (Å²) in [6, 6.07) is 9.39. The monoisotopic (exact) mass is 337 g/mol. The Kier molecular flexibility index (Phi) is 5.43. The number of aryl methyl sites for hydroxylation is 1. The molecule has 1 aromatic heterocycles. The third-order valence-corrected chi connectivity index (χ3v) is 4.43. The molecule has 2 amide bonds. The standard InChI is InChI=1S/C20H23N3O2/c1-14-10-11-16-8-5-9-17(18(16)22-14)23-20(25)19(24)21-13-12-15-6-3-2-4-7-15/h5-6,8-11H,2-4,7,12-13H2,1H3,(H,21,24)(H,23,25). The van der Waals surface area contributed by atoms with E-state index in [2.05, 4.69) is 21.7 Å². The molecule has 1 aromatic carbocycles. The van der Waals surface area contributed by atoms with Gasteiger partial charge in [-0.25, -0.2) is 0 Å². The topological polar surface area (TPSA) is 71.1 Å². The fourth-order valence-electron chi connectivity index (χ4n) is 3.07. The molecule has 2 aromatic rings. The van der Waals surface area contributed by atoms with E-state index in [4.69, 9.17) is 0 Å². The van der Waals surface area contributed by atoms with Crippen LogP contribution in [0.15, 0.2) is 42.0 Å². The Morgan fingerprint density at radius 1 is 1.12 bits per heavy atom. The molecule has 0 spiro atoms. The fraction of sp³-hybridized carbons (Fsp3) is 0.350. The predicted octanol–water partition coefficient (Wildman–Crippen LogP) is 3.49. The molecule has 0 radical (unpaired) electrons. The summed E-state index contributed by atoms with van der Waals surface area (Å²) in [5.41, 5.74) is 3.48. The summed E-state index contributed by atoms with van der Waals surface area (Å²) in [6.45, 7) is 2.38. The van der Waals surface area contributed by atoms with Crippen molar-refractivity contribution in [1.29, 1.82) is 0 Å². The van der Waals surface area contributed by atoms with Gasteiger partial charge in [-0.1, -0.05) is 29.8 Å². The van der Waals surface area contributed by atoms with Crippen LogP contribution in [0.2, 0.25) is 0 Å². The molecular weight excluding hydrogens is 314 g/mol. The number of carbonyl (C=O) groups is 2. The number of benzene rings is 1. The molecular formula is C20H23N3O2. The Labute approximate surface area is 147 Å². The predicted molar refractivity (Wildman–Crippen MR) is 99.3 cm³/mol. The van der Waals surface area contributed by atoms with Gasteiger partial charge in [0.1, 0.15) is 0 Å². The van der Waals surface area contributed by atoms with E-state index in [-0.39, 0.29) is 0 Å². The van der Waals surface area contributed by atoms with Gasteiger partial charge in [-0.05, 0) is 51.2 Å². The number of hydrogen-bond donors (Lipinski definition) is 2. The van der Waals surface area contributed by atoms with Crippen molar-refractivity contribution in [3.8, 4) is 0 Å². The summed E-state index contributed by atoms with van der Waals surface area (Å²) in [4.78, 5) is 28.6. The molecule has 5 nitrogen and oxygen atoms in total. The quantitative estimate of drug-likeness (QED) is 0.663. The lowest BCUT2D eigenvalue weighted by Crippen LogP contribution is -2.36. The maximum atomic E-state index is 12.2. The molecule has 130 valence electrons. The Balaban J connectivity index is 1.59. The van der Waals surface area contributed by atoms with E-state index in [0.29, 0.717) is 17.7 Å². The first-order valence-electron chi connectivity index (χ1n) is 8.77. The van der Waals surface area contributed by atoms with E-state index < -0.39 is 11.8 Å². The minimum atomic E-state index is -0.659. The molecule has 0 fully saturated rings. The van der Waals surface area contributed by atoms with Crippen molar-refractivity contribution in [2.75, 3.05) is 11.9 Å². The Bertz CT molecular complexity index is 827. The van der Waals surface area contributed by atoms with Crippen molar-refractivity contribution in [1.82, 2.24) is 10.3 Å². The molecule has 0 aliphatic heterocycles. The number of pyridine rings is 1. The molecule has 0 saturated carbocycles. The second-order valence-electron chi connectivity index (χ2n) is 6.40. The minimum Gasteiger partial charge on any atom is -0.348 e. The molecule has 1 heterocycles. The van der Waals surface area contributed by atoms with E-state index in [0.717, 1.165) is 30.3 Å². The summed E-state index contributed by atoms with van der Waals surface area (Å²) in [5, 5.41) is 6.29. The summed E-state index contributed by atoms with van der Waals surface area (Å²) in [6.07, 6.45) is 7.75. The highest BCUT2D eigenvalue weighted by atomic mass is 16.2. The number of rotatable bonds is 4. The highest BCUT2D eigenvalue weighted by Gasteiger charge is 2.15. The van der Waals surface area contributed by atoms with Gasteiger partial charge in [-0.2, -0.15) is 0 Å². The van der Waals surface area contributed by atoms with Crippen LogP contribution in [0.4, 0.5) is 5.69 Å². The smallest absolute Gasteiger partial charge is 0.313 e. The molecule has 25 heavy (non-hydrogen) atoms. The van der Waals surface area contributed by atoms with Gasteiger partial charge < -0.3 is 10.6 Å². The Morgan fingerprint density at radius 3 is 2.80 bits per heavy atom. The first-order chi connectivity index (χ1) is 12.1. The third-order valence-electron chi connectivity index (χ3n) is 4.43. The number of hydrogen-bond acceptors (Lipinski definition) is 3. The number of aromatic nitrogens is 1. The van der Waals surface area contributed by atoms with Gasteiger partial charge in [-0.15, -0.1) is 0 Å². The molecule has 0 atom stereocenters. The SMILES string of the molecule is Cc1ccc2cccc(NC(=O)C(=O)NCCC3=CCCCC3)c2n1. The zero-order valence-corrected chi connectivity index (χ0v) is 14.5. The van der Waals surface area contributed by atoms with Crippen molar-refractivity contribution in [3.63, 3.8) is 0 Å². The minimum absolute atomic E-state index is 0.491. The number of nitrogens with one attached hydrogen (secondary N) is 2. The maximum absolute atomic E-state index is 12.2. The maximum Gasteiger partial charge on any atom is 0.313 e. The number of allylic oxidation sites excluding steroid dienone is 1. The molecule has 0 bridgehead atoms. The van der Waals surface area contributed by atoms with Crippen molar-refractivity contribution in [3.05, 3.63) is 47.7 Å². The van der Waals surface area contributed by atoms with Gasteiger partial charge in [0.05, 0.1) is 11.2 Å². The second kappa shape index (κ2) is 7.92. The Morgan fingerprint density at radius 2 is 2.00 bits per heavy atom. The molecule has 1 aliphatic rings. The first-order valence-corrected chi connectivity index (χ1v) is 8.77. The van der Waals surface area contributed by atoms with Gasteiger partial charge in [0, 0.05) is 17.6 Å². The van der Waals surface area contributed by atoms with Crippen LogP contribution in [0.1, 0.15) is 37.8 Å². The van der Waals surface area contributed by atoms with Crippen LogP contribution in [-0.4, -0.2) is 23.3 Å². The number of nitrogens with zero attached hydrogens (tertiary/aromatic N) is 1. The van der Waals surface area contributed by atoms with Crippen LogP contribution in [-0.2, 0) is 9.59 Å². The van der Waals surface area contributed by atoms with Gasteiger partial charge in [0.15, 0.2) is 0 Å². The summed E-state index contributed by atoms with van der Waals surface area (Å²) in [5.74, 6) is -1.27. The van der Waals surface area contributed by atoms with Crippen LogP contribution >= 0.6 is 0 Å². The van der Waals surface area contributed by atoms with E-state index in [1.54, 1.807) is 6.07 Å². The first kappa shape index (κ1) is 17.1. The summed E-state index contributed by atoms with van der Waals surface area (Å²) < 4.78 is 0. The van der Waals surface area contributed by atoms with Crippen LogP contribution in [0.3, 0.4) is 0 Å². The average Bonchev–Trinajstić information content (AvgIpc) is 2.63. The number of para-hydroxylation sites is 1. The van der Waals surface area contributed by atoms with Crippen molar-refractivity contribution >= 4 is 28.4 Å². The lowest BCUT2D eigenvalue weighted by molar-refractivity contribution is -0.136. The lowest BCUT2D eigenvalue weighted by atomic mass is 9.97. The third kappa shape index (κ3) is 4.44. The number of fused-ring (bicyclic) bond motifs is 1. The van der Waals surface area contributed by atoms with Gasteiger partial charge in [0.25, 0.3) is 0 Å². The number of anilines is 1. The molecule has 0 saturated heterocycles.